The molecule has 1 amide bonds. The minimum atomic E-state index is -0.425. The van der Waals surface area contributed by atoms with Gasteiger partial charge in [0.05, 0.1) is 12.3 Å². The van der Waals surface area contributed by atoms with Gasteiger partial charge >= 0.3 is 6.09 Å². The van der Waals surface area contributed by atoms with Crippen molar-refractivity contribution in [1.29, 1.82) is 0 Å². The number of benzene rings is 1. The van der Waals surface area contributed by atoms with Crippen LogP contribution in [0, 0.1) is 0 Å². The third-order valence-electron chi connectivity index (χ3n) is 2.11. The van der Waals surface area contributed by atoms with E-state index in [2.05, 4.69) is 10.3 Å². The first-order chi connectivity index (χ1) is 7.31. The molecular formula is C11H12N2O2. The van der Waals surface area contributed by atoms with E-state index < -0.39 is 6.09 Å². The van der Waals surface area contributed by atoms with Crippen LogP contribution in [0.4, 0.5) is 10.5 Å². The number of nitrogens with one attached hydrogen (secondary N) is 2. The molecule has 0 aliphatic carbocycles. The number of aromatic nitrogens is 1. The molecule has 0 bridgehead atoms. The van der Waals surface area contributed by atoms with Crippen molar-refractivity contribution in [3.05, 3.63) is 30.5 Å². The zero-order valence-electron chi connectivity index (χ0n) is 8.41. The summed E-state index contributed by atoms with van der Waals surface area (Å²) in [7, 11) is 0. The highest BCUT2D eigenvalue weighted by atomic mass is 16.5. The van der Waals surface area contributed by atoms with Gasteiger partial charge in [-0.25, -0.2) is 4.79 Å². The molecule has 1 heterocycles. The smallest absolute Gasteiger partial charge is 0.411 e. The summed E-state index contributed by atoms with van der Waals surface area (Å²) in [6, 6.07) is 7.58. The van der Waals surface area contributed by atoms with E-state index in [0.717, 1.165) is 16.6 Å². The Morgan fingerprint density at radius 2 is 2.33 bits per heavy atom. The maximum Gasteiger partial charge on any atom is 0.411 e. The van der Waals surface area contributed by atoms with Crippen LogP contribution in [0.25, 0.3) is 10.9 Å². The Morgan fingerprint density at radius 3 is 3.13 bits per heavy atom. The lowest BCUT2D eigenvalue weighted by atomic mass is 10.2. The molecule has 0 fully saturated rings. The van der Waals surface area contributed by atoms with Gasteiger partial charge in [0.1, 0.15) is 0 Å². The summed E-state index contributed by atoms with van der Waals surface area (Å²) >= 11 is 0. The number of fused-ring (bicyclic) bond motifs is 1. The highest BCUT2D eigenvalue weighted by Gasteiger charge is 2.05. The van der Waals surface area contributed by atoms with E-state index >= 15 is 0 Å². The van der Waals surface area contributed by atoms with Crippen LogP contribution in [-0.2, 0) is 4.74 Å². The second kappa shape index (κ2) is 4.04. The van der Waals surface area contributed by atoms with Gasteiger partial charge in [-0.1, -0.05) is 6.07 Å². The molecule has 1 aromatic carbocycles. The summed E-state index contributed by atoms with van der Waals surface area (Å²) in [5.74, 6) is 0. The fraction of sp³-hybridized carbons (Fsp3) is 0.182. The average molecular weight is 204 g/mol. The fourth-order valence-corrected chi connectivity index (χ4v) is 1.47. The first-order valence-electron chi connectivity index (χ1n) is 4.81. The molecule has 78 valence electrons. The second-order valence-electron chi connectivity index (χ2n) is 3.09. The fourth-order valence-electron chi connectivity index (χ4n) is 1.47. The Labute approximate surface area is 87.2 Å². The lowest BCUT2D eigenvalue weighted by Crippen LogP contribution is -2.13. The average Bonchev–Trinajstić information content (AvgIpc) is 2.67. The quantitative estimate of drug-likeness (QED) is 0.790. The van der Waals surface area contributed by atoms with Crippen LogP contribution < -0.4 is 5.32 Å². The third kappa shape index (κ3) is 1.93. The number of aromatic amines is 1. The van der Waals surface area contributed by atoms with E-state index in [-0.39, 0.29) is 0 Å². The highest BCUT2D eigenvalue weighted by Crippen LogP contribution is 2.21. The molecule has 2 rings (SSSR count). The van der Waals surface area contributed by atoms with Crippen molar-refractivity contribution in [3.8, 4) is 0 Å². The van der Waals surface area contributed by atoms with Gasteiger partial charge in [0.25, 0.3) is 0 Å². The normalized spacial score (nSPS) is 10.2. The Hall–Kier alpha value is -1.97. The van der Waals surface area contributed by atoms with Gasteiger partial charge in [-0.2, -0.15) is 0 Å². The largest absolute Gasteiger partial charge is 0.450 e. The lowest BCUT2D eigenvalue weighted by Gasteiger charge is -2.05. The van der Waals surface area contributed by atoms with Crippen molar-refractivity contribution >= 4 is 22.7 Å². The monoisotopic (exact) mass is 204 g/mol. The van der Waals surface area contributed by atoms with Gasteiger partial charge in [-0.3, -0.25) is 5.32 Å². The Balaban J connectivity index is 2.27. The predicted molar refractivity (Wildman–Crippen MR) is 58.9 cm³/mol. The molecule has 0 saturated heterocycles. The van der Waals surface area contributed by atoms with Crippen molar-refractivity contribution in [1.82, 2.24) is 4.98 Å². The summed E-state index contributed by atoms with van der Waals surface area (Å²) in [6.45, 7) is 2.14. The third-order valence-corrected chi connectivity index (χ3v) is 2.11. The molecule has 0 spiro atoms. The van der Waals surface area contributed by atoms with Crippen molar-refractivity contribution in [2.75, 3.05) is 11.9 Å². The van der Waals surface area contributed by atoms with Crippen LogP contribution in [0.1, 0.15) is 6.92 Å². The van der Waals surface area contributed by atoms with Crippen LogP contribution in [0.15, 0.2) is 30.5 Å². The molecule has 1 aromatic heterocycles. The van der Waals surface area contributed by atoms with Crippen LogP contribution in [0.3, 0.4) is 0 Å². The molecule has 2 aromatic rings. The maximum absolute atomic E-state index is 11.2. The molecular weight excluding hydrogens is 192 g/mol. The number of rotatable bonds is 2. The number of anilines is 1. The number of carbonyl (C=O) groups excluding carboxylic acids is 1. The van der Waals surface area contributed by atoms with E-state index in [1.165, 1.54) is 0 Å². The molecule has 0 aliphatic rings. The van der Waals surface area contributed by atoms with Crippen molar-refractivity contribution < 1.29 is 9.53 Å². The highest BCUT2D eigenvalue weighted by molar-refractivity contribution is 5.98. The van der Waals surface area contributed by atoms with Gasteiger partial charge in [-0.05, 0) is 25.1 Å². The SMILES string of the molecule is CCOC(=O)Nc1cccc2[nH]ccc12. The molecule has 4 heteroatoms. The second-order valence-corrected chi connectivity index (χ2v) is 3.09. The Kier molecular flexibility index (Phi) is 2.58. The molecule has 15 heavy (non-hydrogen) atoms. The van der Waals surface area contributed by atoms with E-state index in [1.54, 1.807) is 6.92 Å². The van der Waals surface area contributed by atoms with E-state index in [4.69, 9.17) is 4.74 Å². The number of hydrogen-bond acceptors (Lipinski definition) is 2. The van der Waals surface area contributed by atoms with Gasteiger partial charge in [0.15, 0.2) is 0 Å². The van der Waals surface area contributed by atoms with E-state index in [0.29, 0.717) is 6.61 Å². The van der Waals surface area contributed by atoms with Crippen molar-refractivity contribution in [3.63, 3.8) is 0 Å². The van der Waals surface area contributed by atoms with Gasteiger partial charge in [0.2, 0.25) is 0 Å². The van der Waals surface area contributed by atoms with Gasteiger partial charge in [-0.15, -0.1) is 0 Å². The summed E-state index contributed by atoms with van der Waals surface area (Å²) in [6.07, 6.45) is 1.41. The predicted octanol–water partition coefficient (Wildman–Crippen LogP) is 2.74. The topological polar surface area (TPSA) is 54.1 Å². The van der Waals surface area contributed by atoms with E-state index in [1.807, 2.05) is 30.5 Å². The first kappa shape index (κ1) is 9.58. The number of H-pyrrole nitrogens is 1. The lowest BCUT2D eigenvalue weighted by molar-refractivity contribution is 0.168. The number of ether oxygens (including phenoxy) is 1. The first-order valence-corrected chi connectivity index (χ1v) is 4.81. The minimum absolute atomic E-state index is 0.370. The summed E-state index contributed by atoms with van der Waals surface area (Å²) in [4.78, 5) is 14.3. The summed E-state index contributed by atoms with van der Waals surface area (Å²) in [5.41, 5.74) is 1.75. The van der Waals surface area contributed by atoms with Gasteiger partial charge < -0.3 is 9.72 Å². The molecule has 0 radical (unpaired) electrons. The van der Waals surface area contributed by atoms with Crippen LogP contribution >= 0.6 is 0 Å². The van der Waals surface area contributed by atoms with Crippen LogP contribution in [0.2, 0.25) is 0 Å². The van der Waals surface area contributed by atoms with E-state index in [9.17, 15) is 4.79 Å². The Bertz CT molecular complexity index is 476. The van der Waals surface area contributed by atoms with Crippen LogP contribution in [0.5, 0.6) is 0 Å². The zero-order chi connectivity index (χ0) is 10.7. The number of hydrogen-bond donors (Lipinski definition) is 2. The molecule has 2 N–H and O–H groups in total. The summed E-state index contributed by atoms with van der Waals surface area (Å²) < 4.78 is 4.81. The van der Waals surface area contributed by atoms with Crippen molar-refractivity contribution in [2.45, 2.75) is 6.92 Å². The molecule has 0 atom stereocenters. The summed E-state index contributed by atoms with van der Waals surface area (Å²) in [5, 5.41) is 3.67. The molecule has 0 aliphatic heterocycles. The molecule has 0 saturated carbocycles. The number of amides is 1. The Morgan fingerprint density at radius 1 is 1.47 bits per heavy atom. The maximum atomic E-state index is 11.2. The molecule has 4 nitrogen and oxygen atoms in total. The minimum Gasteiger partial charge on any atom is -0.450 e. The zero-order valence-corrected chi connectivity index (χ0v) is 8.41. The standard InChI is InChI=1S/C11H12N2O2/c1-2-15-11(14)13-10-5-3-4-9-8(10)6-7-12-9/h3-7,12H,2H2,1H3,(H,13,14). The number of carbonyl (C=O) groups is 1. The van der Waals surface area contributed by atoms with Crippen molar-refractivity contribution in [2.24, 2.45) is 0 Å². The molecule has 0 unspecified atom stereocenters. The van der Waals surface area contributed by atoms with Gasteiger partial charge in [0, 0.05) is 17.1 Å². The van der Waals surface area contributed by atoms with Crippen LogP contribution in [-0.4, -0.2) is 17.7 Å².